The number of aromatic carboxylic acids is 1. The average molecular weight is 308 g/mol. The molecule has 0 amide bonds. The van der Waals surface area contributed by atoms with Crippen LogP contribution in [0.3, 0.4) is 0 Å². The van der Waals surface area contributed by atoms with Crippen LogP contribution < -0.4 is 0 Å². The number of rotatable bonds is 3. The molecule has 0 saturated carbocycles. The first-order chi connectivity index (χ1) is 9.60. The molecule has 3 rings (SSSR count). The molecule has 7 heteroatoms. The lowest BCUT2D eigenvalue weighted by Crippen LogP contribution is -1.90. The van der Waals surface area contributed by atoms with Gasteiger partial charge in [-0.25, -0.2) is 14.3 Å². The number of hydrogen-bond donors (Lipinski definition) is 1. The van der Waals surface area contributed by atoms with Crippen molar-refractivity contribution < 1.29 is 9.90 Å². The molecular formula is C13H10ClN3O2S. The molecule has 1 N–H and O–H groups in total. The van der Waals surface area contributed by atoms with E-state index < -0.39 is 5.97 Å². The third-order valence-corrected chi connectivity index (χ3v) is 4.42. The van der Waals surface area contributed by atoms with Crippen LogP contribution in [0.25, 0.3) is 16.8 Å². The fourth-order valence-corrected chi connectivity index (χ4v) is 3.16. The summed E-state index contributed by atoms with van der Waals surface area (Å²) in [5, 5.41) is 13.8. The zero-order valence-electron chi connectivity index (χ0n) is 10.5. The molecule has 3 aromatic rings. The minimum absolute atomic E-state index is 0.324. The number of nitrogens with zero attached hydrogens (tertiary/aromatic N) is 3. The number of hydrogen-bond acceptors (Lipinski definition) is 4. The highest BCUT2D eigenvalue weighted by Crippen LogP contribution is 2.34. The third-order valence-electron chi connectivity index (χ3n) is 2.96. The van der Waals surface area contributed by atoms with Crippen molar-refractivity contribution in [1.82, 2.24) is 14.6 Å². The Bertz CT molecular complexity index is 809. The van der Waals surface area contributed by atoms with E-state index in [1.165, 1.54) is 11.3 Å². The molecule has 102 valence electrons. The highest BCUT2D eigenvalue weighted by atomic mass is 35.5. The number of aromatic nitrogens is 3. The highest BCUT2D eigenvalue weighted by Gasteiger charge is 2.17. The van der Waals surface area contributed by atoms with E-state index in [9.17, 15) is 4.79 Å². The van der Waals surface area contributed by atoms with Crippen molar-refractivity contribution in [1.29, 1.82) is 0 Å². The number of halogens is 1. The minimum Gasteiger partial charge on any atom is -0.477 e. The Balaban J connectivity index is 2.22. The van der Waals surface area contributed by atoms with Crippen molar-refractivity contribution in [3.8, 4) is 11.1 Å². The van der Waals surface area contributed by atoms with Gasteiger partial charge in [0.05, 0.1) is 17.4 Å². The summed E-state index contributed by atoms with van der Waals surface area (Å²) < 4.78 is 1.59. The molecule has 0 radical (unpaired) electrons. The second-order valence-corrected chi connectivity index (χ2v) is 5.78. The zero-order valence-corrected chi connectivity index (χ0v) is 12.1. The van der Waals surface area contributed by atoms with E-state index in [0.29, 0.717) is 15.5 Å². The first kappa shape index (κ1) is 13.1. The Morgan fingerprint density at radius 1 is 1.45 bits per heavy atom. The van der Waals surface area contributed by atoms with E-state index in [2.05, 4.69) is 10.1 Å². The van der Waals surface area contributed by atoms with Crippen molar-refractivity contribution >= 4 is 34.6 Å². The van der Waals surface area contributed by atoms with Crippen LogP contribution in [0.15, 0.2) is 24.7 Å². The predicted molar refractivity (Wildman–Crippen MR) is 77.6 cm³/mol. The van der Waals surface area contributed by atoms with Gasteiger partial charge in [0.15, 0.2) is 5.65 Å². The monoisotopic (exact) mass is 307 g/mol. The molecule has 0 bridgehead atoms. The number of carboxylic acid groups (broad SMARTS) is 1. The summed E-state index contributed by atoms with van der Waals surface area (Å²) in [5.41, 5.74) is 2.36. The molecule has 5 nitrogen and oxygen atoms in total. The van der Waals surface area contributed by atoms with E-state index in [0.717, 1.165) is 22.4 Å². The van der Waals surface area contributed by atoms with E-state index >= 15 is 0 Å². The highest BCUT2D eigenvalue weighted by molar-refractivity contribution is 7.14. The lowest BCUT2D eigenvalue weighted by molar-refractivity contribution is 0.0702. The van der Waals surface area contributed by atoms with Crippen LogP contribution in [0.5, 0.6) is 0 Å². The molecule has 0 aliphatic rings. The molecule has 0 spiro atoms. The summed E-state index contributed by atoms with van der Waals surface area (Å²) in [6.45, 7) is 2.00. The lowest BCUT2D eigenvalue weighted by atomic mass is 10.1. The number of carboxylic acids is 1. The van der Waals surface area contributed by atoms with Gasteiger partial charge in [0.25, 0.3) is 0 Å². The third kappa shape index (κ3) is 2.07. The summed E-state index contributed by atoms with van der Waals surface area (Å²) in [4.78, 5) is 16.7. The van der Waals surface area contributed by atoms with Crippen molar-refractivity contribution in [2.75, 3.05) is 0 Å². The van der Waals surface area contributed by atoms with E-state index in [4.69, 9.17) is 16.7 Å². The topological polar surface area (TPSA) is 67.5 Å². The van der Waals surface area contributed by atoms with Crippen LogP contribution in [0.2, 0.25) is 5.02 Å². The number of fused-ring (bicyclic) bond motifs is 1. The van der Waals surface area contributed by atoms with Gasteiger partial charge in [0, 0.05) is 22.2 Å². The maximum absolute atomic E-state index is 11.1. The van der Waals surface area contributed by atoms with Crippen molar-refractivity contribution in [3.05, 3.63) is 39.4 Å². The maximum Gasteiger partial charge on any atom is 0.345 e. The van der Waals surface area contributed by atoms with Crippen LogP contribution in [-0.4, -0.2) is 25.7 Å². The molecule has 20 heavy (non-hydrogen) atoms. The molecule has 3 aromatic heterocycles. The number of aryl methyl sites for hydroxylation is 1. The van der Waals surface area contributed by atoms with Crippen LogP contribution >= 0.6 is 22.9 Å². The number of carbonyl (C=O) groups is 1. The Labute approximate surface area is 123 Å². The molecule has 0 atom stereocenters. The molecule has 0 aromatic carbocycles. The molecule has 0 fully saturated rings. The second kappa shape index (κ2) is 4.88. The van der Waals surface area contributed by atoms with Gasteiger partial charge in [-0.1, -0.05) is 18.5 Å². The molecular weight excluding hydrogens is 298 g/mol. The van der Waals surface area contributed by atoms with Crippen molar-refractivity contribution in [3.63, 3.8) is 0 Å². The zero-order chi connectivity index (χ0) is 14.3. The minimum atomic E-state index is -0.913. The van der Waals surface area contributed by atoms with Crippen molar-refractivity contribution in [2.24, 2.45) is 0 Å². The Kier molecular flexibility index (Phi) is 3.19. The average Bonchev–Trinajstić information content (AvgIpc) is 3.00. The van der Waals surface area contributed by atoms with Gasteiger partial charge >= 0.3 is 5.97 Å². The van der Waals surface area contributed by atoms with Gasteiger partial charge in [0.2, 0.25) is 0 Å². The van der Waals surface area contributed by atoms with E-state index in [1.807, 2.05) is 6.92 Å². The van der Waals surface area contributed by atoms with Crippen molar-refractivity contribution in [2.45, 2.75) is 13.3 Å². The fourth-order valence-electron chi connectivity index (χ4n) is 2.07. The normalized spacial score (nSPS) is 11.1. The molecule has 0 aliphatic carbocycles. The lowest BCUT2D eigenvalue weighted by Gasteiger charge is -1.99. The predicted octanol–water partition coefficient (Wildman–Crippen LogP) is 3.37. The Morgan fingerprint density at radius 3 is 2.95 bits per heavy atom. The summed E-state index contributed by atoms with van der Waals surface area (Å²) in [6.07, 6.45) is 5.67. The van der Waals surface area contributed by atoms with Gasteiger partial charge in [-0.15, -0.1) is 11.3 Å². The van der Waals surface area contributed by atoms with Gasteiger partial charge in [-0.2, -0.15) is 5.10 Å². The standard InChI is InChI=1S/C13H10ClN3O2S/c1-2-10-8(3-11(20-10)13(18)19)9-5-16-17-6-7(14)4-15-12(9)17/h3-6H,2H2,1H3,(H,18,19). The van der Waals surface area contributed by atoms with Crippen LogP contribution in [-0.2, 0) is 6.42 Å². The van der Waals surface area contributed by atoms with Crippen LogP contribution in [0.1, 0.15) is 21.5 Å². The molecule has 3 heterocycles. The summed E-state index contributed by atoms with van der Waals surface area (Å²) in [7, 11) is 0. The number of thiophene rings is 1. The Morgan fingerprint density at radius 2 is 2.25 bits per heavy atom. The maximum atomic E-state index is 11.1. The summed E-state index contributed by atoms with van der Waals surface area (Å²) in [6, 6.07) is 1.68. The SMILES string of the molecule is CCc1sc(C(=O)O)cc1-c1cnn2cc(Cl)cnc12. The van der Waals surface area contributed by atoms with Crippen LogP contribution in [0.4, 0.5) is 0 Å². The molecule has 0 saturated heterocycles. The summed E-state index contributed by atoms with van der Waals surface area (Å²) >= 11 is 7.17. The summed E-state index contributed by atoms with van der Waals surface area (Å²) in [5.74, 6) is -0.913. The molecule has 0 unspecified atom stereocenters. The fraction of sp³-hybridized carbons (Fsp3) is 0.154. The van der Waals surface area contributed by atoms with Gasteiger partial charge in [-0.05, 0) is 12.5 Å². The van der Waals surface area contributed by atoms with E-state index in [1.54, 1.807) is 29.2 Å². The smallest absolute Gasteiger partial charge is 0.345 e. The first-order valence-electron chi connectivity index (χ1n) is 5.95. The van der Waals surface area contributed by atoms with Gasteiger partial charge in [-0.3, -0.25) is 0 Å². The second-order valence-electron chi connectivity index (χ2n) is 4.20. The van der Waals surface area contributed by atoms with E-state index in [-0.39, 0.29) is 0 Å². The first-order valence-corrected chi connectivity index (χ1v) is 7.15. The van der Waals surface area contributed by atoms with Gasteiger partial charge < -0.3 is 5.11 Å². The largest absolute Gasteiger partial charge is 0.477 e. The van der Waals surface area contributed by atoms with Gasteiger partial charge in [0.1, 0.15) is 4.88 Å². The quantitative estimate of drug-likeness (QED) is 0.805. The molecule has 0 aliphatic heterocycles. The van der Waals surface area contributed by atoms with Crippen LogP contribution in [0, 0.1) is 0 Å². The Hall–Kier alpha value is -1.92.